The molecule has 0 aliphatic carbocycles. The van der Waals surface area contributed by atoms with Gasteiger partial charge in [-0.05, 0) is 43.7 Å². The first kappa shape index (κ1) is 15.9. The summed E-state index contributed by atoms with van der Waals surface area (Å²) in [6, 6.07) is 0. The molecule has 1 rings (SSSR count). The summed E-state index contributed by atoms with van der Waals surface area (Å²) in [6.07, 6.45) is 4.36. The standard InChI is InChI=1S/C13H27NO3S/c1-4-13(11-15)5-7-14(8-6-13)9-12(2)10-18(3,16)17/h12,15H,4-11H2,1-3H3. The van der Waals surface area contributed by atoms with Gasteiger partial charge >= 0.3 is 0 Å². The Hall–Kier alpha value is -0.130. The molecule has 1 unspecified atom stereocenters. The minimum Gasteiger partial charge on any atom is -0.396 e. The number of hydrogen-bond donors (Lipinski definition) is 1. The Morgan fingerprint density at radius 3 is 2.28 bits per heavy atom. The number of piperidine rings is 1. The van der Waals surface area contributed by atoms with Gasteiger partial charge in [0, 0.05) is 19.4 Å². The van der Waals surface area contributed by atoms with Crippen LogP contribution in [0.15, 0.2) is 0 Å². The van der Waals surface area contributed by atoms with Crippen molar-refractivity contribution in [2.75, 3.05) is 38.2 Å². The lowest BCUT2D eigenvalue weighted by molar-refractivity contribution is 0.0373. The molecule has 0 bridgehead atoms. The molecule has 1 N–H and O–H groups in total. The van der Waals surface area contributed by atoms with Crippen LogP contribution in [-0.4, -0.2) is 56.7 Å². The first-order valence-corrected chi connectivity index (χ1v) is 8.87. The van der Waals surface area contributed by atoms with E-state index in [0.29, 0.717) is 0 Å². The monoisotopic (exact) mass is 277 g/mol. The third-order valence-corrected chi connectivity index (χ3v) is 5.33. The maximum Gasteiger partial charge on any atom is 0.147 e. The van der Waals surface area contributed by atoms with Crippen molar-refractivity contribution in [3.63, 3.8) is 0 Å². The molecule has 0 amide bonds. The third-order valence-electron chi connectivity index (χ3n) is 4.16. The quantitative estimate of drug-likeness (QED) is 0.791. The van der Waals surface area contributed by atoms with Gasteiger partial charge in [-0.15, -0.1) is 0 Å². The predicted octanol–water partition coefficient (Wildman–Crippen LogP) is 1.15. The van der Waals surface area contributed by atoms with E-state index in [-0.39, 0.29) is 23.7 Å². The highest BCUT2D eigenvalue weighted by molar-refractivity contribution is 7.90. The molecule has 0 aromatic carbocycles. The molecule has 1 atom stereocenters. The van der Waals surface area contributed by atoms with Gasteiger partial charge in [-0.25, -0.2) is 8.42 Å². The molecular weight excluding hydrogens is 250 g/mol. The summed E-state index contributed by atoms with van der Waals surface area (Å²) in [7, 11) is -2.87. The molecule has 1 heterocycles. The Bertz CT molecular complexity index is 339. The zero-order valence-electron chi connectivity index (χ0n) is 11.9. The van der Waals surface area contributed by atoms with Crippen LogP contribution in [0.2, 0.25) is 0 Å². The van der Waals surface area contributed by atoms with Crippen LogP contribution < -0.4 is 0 Å². The van der Waals surface area contributed by atoms with Crippen LogP contribution in [0.5, 0.6) is 0 Å². The predicted molar refractivity (Wildman–Crippen MR) is 74.4 cm³/mol. The summed E-state index contributed by atoms with van der Waals surface area (Å²) >= 11 is 0. The van der Waals surface area contributed by atoms with Crippen molar-refractivity contribution in [1.29, 1.82) is 0 Å². The molecule has 0 saturated carbocycles. The highest BCUT2D eigenvalue weighted by Crippen LogP contribution is 2.34. The first-order valence-electron chi connectivity index (χ1n) is 6.81. The van der Waals surface area contributed by atoms with E-state index in [1.165, 1.54) is 6.26 Å². The summed E-state index contributed by atoms with van der Waals surface area (Å²) in [6.45, 7) is 7.20. The fourth-order valence-corrected chi connectivity index (χ4v) is 3.98. The molecule has 1 saturated heterocycles. The number of sulfone groups is 1. The minimum absolute atomic E-state index is 0.108. The van der Waals surface area contributed by atoms with Crippen molar-refractivity contribution >= 4 is 9.84 Å². The van der Waals surface area contributed by atoms with Crippen molar-refractivity contribution in [1.82, 2.24) is 4.90 Å². The molecule has 1 aliphatic heterocycles. The Labute approximate surface area is 111 Å². The minimum atomic E-state index is -2.87. The highest BCUT2D eigenvalue weighted by Gasteiger charge is 2.32. The van der Waals surface area contributed by atoms with Crippen LogP contribution in [0.1, 0.15) is 33.1 Å². The molecule has 0 aromatic rings. The molecule has 1 fully saturated rings. The molecule has 0 spiro atoms. The van der Waals surface area contributed by atoms with Crippen LogP contribution in [0, 0.1) is 11.3 Å². The average molecular weight is 277 g/mol. The number of aliphatic hydroxyl groups is 1. The van der Waals surface area contributed by atoms with E-state index in [9.17, 15) is 13.5 Å². The zero-order chi connectivity index (χ0) is 13.8. The summed E-state index contributed by atoms with van der Waals surface area (Å²) < 4.78 is 22.5. The van der Waals surface area contributed by atoms with E-state index >= 15 is 0 Å². The topological polar surface area (TPSA) is 57.6 Å². The Morgan fingerprint density at radius 1 is 1.33 bits per heavy atom. The summed E-state index contributed by atoms with van der Waals surface area (Å²) in [5.74, 6) is 0.450. The van der Waals surface area contributed by atoms with Crippen LogP contribution in [0.3, 0.4) is 0 Å². The molecule has 1 aliphatic rings. The number of rotatable bonds is 6. The van der Waals surface area contributed by atoms with Crippen molar-refractivity contribution in [3.8, 4) is 0 Å². The Balaban J connectivity index is 2.40. The second kappa shape index (κ2) is 6.35. The van der Waals surface area contributed by atoms with E-state index in [4.69, 9.17) is 0 Å². The lowest BCUT2D eigenvalue weighted by atomic mass is 9.77. The first-order chi connectivity index (χ1) is 8.30. The largest absolute Gasteiger partial charge is 0.396 e. The second-order valence-electron chi connectivity index (χ2n) is 6.01. The van der Waals surface area contributed by atoms with Crippen LogP contribution in [0.4, 0.5) is 0 Å². The maximum atomic E-state index is 11.2. The van der Waals surface area contributed by atoms with E-state index in [2.05, 4.69) is 11.8 Å². The van der Waals surface area contributed by atoms with E-state index in [1.807, 2.05) is 6.92 Å². The number of likely N-dealkylation sites (tertiary alicyclic amines) is 1. The van der Waals surface area contributed by atoms with Gasteiger partial charge in [-0.1, -0.05) is 13.8 Å². The average Bonchev–Trinajstić information content (AvgIpc) is 2.28. The normalized spacial score (nSPS) is 22.9. The lowest BCUT2D eigenvalue weighted by Crippen LogP contribution is -2.43. The second-order valence-corrected chi connectivity index (χ2v) is 8.19. The highest BCUT2D eigenvalue weighted by atomic mass is 32.2. The van der Waals surface area contributed by atoms with Gasteiger partial charge in [0.15, 0.2) is 0 Å². The third kappa shape index (κ3) is 4.86. The van der Waals surface area contributed by atoms with E-state index in [1.54, 1.807) is 0 Å². The SMILES string of the molecule is CCC1(CO)CCN(CC(C)CS(C)(=O)=O)CC1. The van der Waals surface area contributed by atoms with Crippen molar-refractivity contribution in [2.45, 2.75) is 33.1 Å². The lowest BCUT2D eigenvalue weighted by Gasteiger charge is -2.41. The van der Waals surface area contributed by atoms with Gasteiger partial charge in [0.05, 0.1) is 5.75 Å². The fourth-order valence-electron chi connectivity index (χ4n) is 2.84. The molecule has 5 heteroatoms. The number of aliphatic hydroxyl groups excluding tert-OH is 1. The van der Waals surface area contributed by atoms with Crippen molar-refractivity contribution in [3.05, 3.63) is 0 Å². The molecule has 0 radical (unpaired) electrons. The van der Waals surface area contributed by atoms with Gasteiger partial charge in [0.2, 0.25) is 0 Å². The summed E-state index contributed by atoms with van der Waals surface area (Å²) in [4.78, 5) is 2.33. The maximum absolute atomic E-state index is 11.2. The fraction of sp³-hybridized carbons (Fsp3) is 1.00. The smallest absolute Gasteiger partial charge is 0.147 e. The van der Waals surface area contributed by atoms with Gasteiger partial charge in [0.25, 0.3) is 0 Å². The molecular formula is C13H27NO3S. The van der Waals surface area contributed by atoms with E-state index < -0.39 is 9.84 Å². The van der Waals surface area contributed by atoms with Crippen molar-refractivity contribution < 1.29 is 13.5 Å². The number of hydrogen-bond acceptors (Lipinski definition) is 4. The molecule has 0 aromatic heterocycles. The van der Waals surface area contributed by atoms with Crippen LogP contribution >= 0.6 is 0 Å². The van der Waals surface area contributed by atoms with Crippen molar-refractivity contribution in [2.24, 2.45) is 11.3 Å². The van der Waals surface area contributed by atoms with Gasteiger partial charge in [-0.2, -0.15) is 0 Å². The summed E-state index contributed by atoms with van der Waals surface area (Å²) in [5.41, 5.74) is 0.108. The number of nitrogens with zero attached hydrogens (tertiary/aromatic N) is 1. The molecule has 108 valence electrons. The van der Waals surface area contributed by atoms with Crippen LogP contribution in [0.25, 0.3) is 0 Å². The Morgan fingerprint density at radius 2 is 1.89 bits per heavy atom. The van der Waals surface area contributed by atoms with E-state index in [0.717, 1.165) is 38.9 Å². The summed E-state index contributed by atoms with van der Waals surface area (Å²) in [5, 5.41) is 9.46. The zero-order valence-corrected chi connectivity index (χ0v) is 12.7. The van der Waals surface area contributed by atoms with Gasteiger partial charge < -0.3 is 10.0 Å². The van der Waals surface area contributed by atoms with Gasteiger partial charge in [0.1, 0.15) is 9.84 Å². The van der Waals surface area contributed by atoms with Gasteiger partial charge in [-0.3, -0.25) is 0 Å². The molecule has 4 nitrogen and oxygen atoms in total. The Kier molecular flexibility index (Phi) is 5.62. The van der Waals surface area contributed by atoms with Crippen LogP contribution in [-0.2, 0) is 9.84 Å². The molecule has 18 heavy (non-hydrogen) atoms.